The van der Waals surface area contributed by atoms with Gasteiger partial charge in [-0.25, -0.2) is 0 Å². The van der Waals surface area contributed by atoms with Crippen LogP contribution in [0.2, 0.25) is 0 Å². The molecule has 2 aromatic carbocycles. The van der Waals surface area contributed by atoms with Gasteiger partial charge in [-0.05, 0) is 30.4 Å². The van der Waals surface area contributed by atoms with Crippen molar-refractivity contribution in [2.45, 2.75) is 44.1 Å². The van der Waals surface area contributed by atoms with E-state index in [0.29, 0.717) is 12.8 Å². The molecular formula is C24H29N3O3. The molecule has 0 aliphatic heterocycles. The number of carbonyl (C=O) groups excluding carboxylic acids is 3. The summed E-state index contributed by atoms with van der Waals surface area (Å²) in [6.45, 7) is -0.126. The molecule has 3 rings (SSSR count). The lowest BCUT2D eigenvalue weighted by molar-refractivity contribution is -0.129. The number of nitrogens with one attached hydrogen (secondary N) is 2. The van der Waals surface area contributed by atoms with Gasteiger partial charge in [-0.3, -0.25) is 14.4 Å². The Morgan fingerprint density at radius 3 is 2.23 bits per heavy atom. The first-order valence-electron chi connectivity index (χ1n) is 10.5. The molecule has 2 aromatic rings. The Bertz CT molecular complexity index is 855. The van der Waals surface area contributed by atoms with Crippen LogP contribution in [0.3, 0.4) is 0 Å². The van der Waals surface area contributed by atoms with E-state index in [1.165, 1.54) is 0 Å². The molecule has 6 heteroatoms. The summed E-state index contributed by atoms with van der Waals surface area (Å²) in [4.78, 5) is 37.0. The molecule has 0 aromatic heterocycles. The average Bonchev–Trinajstić information content (AvgIpc) is 2.77. The number of carbonyl (C=O) groups is 3. The molecule has 0 spiro atoms. The monoisotopic (exact) mass is 407 g/mol. The van der Waals surface area contributed by atoms with E-state index in [9.17, 15) is 14.4 Å². The number of benzene rings is 2. The Kier molecular flexibility index (Phi) is 7.60. The van der Waals surface area contributed by atoms with Gasteiger partial charge in [0, 0.05) is 6.04 Å². The molecule has 3 amide bonds. The Labute approximate surface area is 177 Å². The molecule has 3 atom stereocenters. The van der Waals surface area contributed by atoms with Gasteiger partial charge < -0.3 is 16.4 Å². The van der Waals surface area contributed by atoms with E-state index < -0.39 is 5.92 Å². The molecule has 158 valence electrons. The van der Waals surface area contributed by atoms with Crippen LogP contribution in [0.25, 0.3) is 0 Å². The zero-order chi connectivity index (χ0) is 21.3. The zero-order valence-corrected chi connectivity index (χ0v) is 17.1. The summed E-state index contributed by atoms with van der Waals surface area (Å²) in [6.07, 6.45) is 3.86. The summed E-state index contributed by atoms with van der Waals surface area (Å²) in [6, 6.07) is 19.1. The predicted molar refractivity (Wildman–Crippen MR) is 115 cm³/mol. The molecule has 1 fully saturated rings. The van der Waals surface area contributed by atoms with Crippen molar-refractivity contribution in [3.8, 4) is 0 Å². The number of hydrogen-bond donors (Lipinski definition) is 3. The largest absolute Gasteiger partial charge is 0.369 e. The smallest absolute Gasteiger partial charge is 0.239 e. The molecule has 1 aliphatic carbocycles. The van der Waals surface area contributed by atoms with Crippen LogP contribution in [0.4, 0.5) is 0 Å². The normalized spacial score (nSPS) is 19.5. The molecule has 1 saturated carbocycles. The fraction of sp³-hybridized carbons (Fsp3) is 0.375. The lowest BCUT2D eigenvalue weighted by Crippen LogP contribution is -2.50. The summed E-state index contributed by atoms with van der Waals surface area (Å²) in [5.41, 5.74) is 7.43. The van der Waals surface area contributed by atoms with Crippen LogP contribution < -0.4 is 16.4 Å². The Morgan fingerprint density at radius 1 is 0.933 bits per heavy atom. The van der Waals surface area contributed by atoms with Crippen molar-refractivity contribution in [2.75, 3.05) is 6.54 Å². The van der Waals surface area contributed by atoms with Crippen molar-refractivity contribution in [1.29, 1.82) is 0 Å². The van der Waals surface area contributed by atoms with Crippen molar-refractivity contribution < 1.29 is 14.4 Å². The maximum atomic E-state index is 13.0. The number of nitrogens with two attached hydrogens (primary N) is 1. The SMILES string of the molecule is NC(=O)[C@H]1CCCC[C@@H]1NC(=O)CNC(=O)C(Cc1ccccc1)c1ccccc1. The van der Waals surface area contributed by atoms with Gasteiger partial charge in [0.05, 0.1) is 18.4 Å². The van der Waals surface area contributed by atoms with Gasteiger partial charge in [0.15, 0.2) is 0 Å². The van der Waals surface area contributed by atoms with E-state index >= 15 is 0 Å². The molecule has 0 radical (unpaired) electrons. The summed E-state index contributed by atoms with van der Waals surface area (Å²) < 4.78 is 0. The van der Waals surface area contributed by atoms with Crippen molar-refractivity contribution in [2.24, 2.45) is 11.7 Å². The van der Waals surface area contributed by atoms with Crippen LogP contribution >= 0.6 is 0 Å². The van der Waals surface area contributed by atoms with Crippen molar-refractivity contribution in [1.82, 2.24) is 10.6 Å². The highest BCUT2D eigenvalue weighted by Gasteiger charge is 2.30. The standard InChI is InChI=1S/C24H29N3O3/c25-23(29)19-13-7-8-14-21(19)27-22(28)16-26-24(30)20(18-11-5-2-6-12-18)15-17-9-3-1-4-10-17/h1-6,9-12,19-21H,7-8,13-16H2,(H2,25,29)(H,26,30)(H,27,28)/t19-,20?,21-/m0/s1. The van der Waals surface area contributed by atoms with Gasteiger partial charge in [-0.1, -0.05) is 73.5 Å². The molecule has 0 saturated heterocycles. The second-order valence-corrected chi connectivity index (χ2v) is 7.84. The lowest BCUT2D eigenvalue weighted by atomic mass is 9.84. The minimum atomic E-state index is -0.394. The van der Waals surface area contributed by atoms with Gasteiger partial charge in [0.2, 0.25) is 17.7 Å². The van der Waals surface area contributed by atoms with E-state index in [4.69, 9.17) is 5.73 Å². The molecule has 1 aliphatic rings. The Morgan fingerprint density at radius 2 is 1.57 bits per heavy atom. The third kappa shape index (κ3) is 5.92. The van der Waals surface area contributed by atoms with Crippen molar-refractivity contribution in [3.05, 3.63) is 71.8 Å². The third-order valence-corrected chi connectivity index (χ3v) is 5.70. The van der Waals surface area contributed by atoms with Gasteiger partial charge in [-0.2, -0.15) is 0 Å². The van der Waals surface area contributed by atoms with Crippen LogP contribution in [0, 0.1) is 5.92 Å². The summed E-state index contributed by atoms with van der Waals surface area (Å²) in [7, 11) is 0. The first kappa shape index (κ1) is 21.6. The van der Waals surface area contributed by atoms with Gasteiger partial charge in [-0.15, -0.1) is 0 Å². The van der Waals surface area contributed by atoms with E-state index in [1.807, 2.05) is 60.7 Å². The van der Waals surface area contributed by atoms with Gasteiger partial charge in [0.25, 0.3) is 0 Å². The lowest BCUT2D eigenvalue weighted by Gasteiger charge is -2.30. The molecule has 0 bridgehead atoms. The Hall–Kier alpha value is -3.15. The minimum absolute atomic E-state index is 0.126. The van der Waals surface area contributed by atoms with Crippen LogP contribution in [-0.2, 0) is 20.8 Å². The molecular weight excluding hydrogens is 378 g/mol. The Balaban J connectivity index is 1.61. The molecule has 0 heterocycles. The van der Waals surface area contributed by atoms with Crippen LogP contribution in [-0.4, -0.2) is 30.3 Å². The fourth-order valence-electron chi connectivity index (χ4n) is 4.09. The number of amides is 3. The van der Waals surface area contributed by atoms with Gasteiger partial charge in [0.1, 0.15) is 0 Å². The highest BCUT2D eigenvalue weighted by atomic mass is 16.2. The third-order valence-electron chi connectivity index (χ3n) is 5.70. The summed E-state index contributed by atoms with van der Waals surface area (Å²) in [5, 5.41) is 5.65. The molecule has 6 nitrogen and oxygen atoms in total. The van der Waals surface area contributed by atoms with E-state index in [2.05, 4.69) is 10.6 Å². The maximum Gasteiger partial charge on any atom is 0.239 e. The van der Waals surface area contributed by atoms with Gasteiger partial charge >= 0.3 is 0 Å². The average molecular weight is 408 g/mol. The highest BCUT2D eigenvalue weighted by Crippen LogP contribution is 2.24. The van der Waals surface area contributed by atoms with E-state index in [0.717, 1.165) is 30.4 Å². The highest BCUT2D eigenvalue weighted by molar-refractivity contribution is 5.89. The first-order valence-corrected chi connectivity index (χ1v) is 10.5. The second kappa shape index (κ2) is 10.6. The molecule has 4 N–H and O–H groups in total. The zero-order valence-electron chi connectivity index (χ0n) is 17.1. The van der Waals surface area contributed by atoms with E-state index in [-0.39, 0.29) is 36.2 Å². The van der Waals surface area contributed by atoms with Crippen LogP contribution in [0.1, 0.15) is 42.7 Å². The number of hydrogen-bond acceptors (Lipinski definition) is 3. The topological polar surface area (TPSA) is 101 Å². The quantitative estimate of drug-likeness (QED) is 0.626. The minimum Gasteiger partial charge on any atom is -0.369 e. The predicted octanol–water partition coefficient (Wildman–Crippen LogP) is 2.29. The van der Waals surface area contributed by atoms with Crippen LogP contribution in [0.5, 0.6) is 0 Å². The molecule has 30 heavy (non-hydrogen) atoms. The fourth-order valence-corrected chi connectivity index (χ4v) is 4.09. The van der Waals surface area contributed by atoms with Crippen molar-refractivity contribution in [3.63, 3.8) is 0 Å². The summed E-state index contributed by atoms with van der Waals surface area (Å²) in [5.74, 6) is -1.61. The maximum absolute atomic E-state index is 13.0. The van der Waals surface area contributed by atoms with Crippen LogP contribution in [0.15, 0.2) is 60.7 Å². The molecule has 1 unspecified atom stereocenters. The van der Waals surface area contributed by atoms with E-state index in [1.54, 1.807) is 0 Å². The number of rotatable bonds is 8. The second-order valence-electron chi connectivity index (χ2n) is 7.84. The summed E-state index contributed by atoms with van der Waals surface area (Å²) >= 11 is 0. The first-order chi connectivity index (χ1) is 14.5. The number of primary amides is 1. The van der Waals surface area contributed by atoms with Crippen molar-refractivity contribution >= 4 is 17.7 Å².